The third-order valence-electron chi connectivity index (χ3n) is 5.84. The van der Waals surface area contributed by atoms with Crippen molar-refractivity contribution in [3.8, 4) is 0 Å². The molecule has 2 saturated heterocycles. The number of nitrogens with one attached hydrogen (secondary N) is 1. The second-order valence-corrected chi connectivity index (χ2v) is 9.05. The zero-order chi connectivity index (χ0) is 23.2. The Bertz CT molecular complexity index is 1120. The predicted molar refractivity (Wildman–Crippen MR) is 130 cm³/mol. The van der Waals surface area contributed by atoms with Crippen molar-refractivity contribution >= 4 is 27.1 Å². The predicted octanol–water partition coefficient (Wildman–Crippen LogP) is 1.90. The maximum atomic E-state index is 12.4. The van der Waals surface area contributed by atoms with E-state index in [0.717, 1.165) is 48.0 Å². The summed E-state index contributed by atoms with van der Waals surface area (Å²) < 4.78 is 13.7. The van der Waals surface area contributed by atoms with Crippen molar-refractivity contribution in [2.45, 2.75) is 25.4 Å². The van der Waals surface area contributed by atoms with E-state index in [1.54, 1.807) is 10.8 Å². The Labute approximate surface area is 201 Å². The Morgan fingerprint density at radius 2 is 1.94 bits per heavy atom. The lowest BCUT2D eigenvalue weighted by atomic mass is 10.0. The minimum atomic E-state index is -0.105. The molecule has 2 aromatic heterocycles. The van der Waals surface area contributed by atoms with Gasteiger partial charge in [0.2, 0.25) is 0 Å². The largest absolute Gasteiger partial charge is 0.486 e. The number of nitrogens with two attached hydrogens (primary N) is 1. The summed E-state index contributed by atoms with van der Waals surface area (Å²) in [5.41, 5.74) is 7.73. The SMILES string of the molecule is C=C(/C=C1/OCCO/C1=C/N)CNC1CCN(CCn2c(=O)cnc3ncc(Br)cc32)CC1. The lowest BCUT2D eigenvalue weighted by Crippen LogP contribution is -2.44. The van der Waals surface area contributed by atoms with Crippen LogP contribution in [0, 0.1) is 0 Å². The molecule has 176 valence electrons. The fraction of sp³-hybridized carbons (Fsp3) is 0.435. The maximum absolute atomic E-state index is 12.4. The van der Waals surface area contributed by atoms with E-state index in [1.807, 2.05) is 12.1 Å². The topological polar surface area (TPSA) is 108 Å². The Morgan fingerprint density at radius 3 is 2.70 bits per heavy atom. The van der Waals surface area contributed by atoms with E-state index >= 15 is 0 Å². The van der Waals surface area contributed by atoms with Gasteiger partial charge >= 0.3 is 0 Å². The van der Waals surface area contributed by atoms with Crippen molar-refractivity contribution in [2.75, 3.05) is 39.4 Å². The van der Waals surface area contributed by atoms with Crippen LogP contribution >= 0.6 is 15.9 Å². The van der Waals surface area contributed by atoms with Crippen molar-refractivity contribution in [1.29, 1.82) is 0 Å². The number of nitrogens with zero attached hydrogens (tertiary/aromatic N) is 4. The Kier molecular flexibility index (Phi) is 7.79. The molecule has 2 aliphatic heterocycles. The highest BCUT2D eigenvalue weighted by Crippen LogP contribution is 2.19. The lowest BCUT2D eigenvalue weighted by molar-refractivity contribution is 0.0591. The molecule has 3 N–H and O–H groups in total. The van der Waals surface area contributed by atoms with Crippen LogP contribution in [-0.4, -0.2) is 64.9 Å². The van der Waals surface area contributed by atoms with Crippen LogP contribution in [0.1, 0.15) is 12.8 Å². The van der Waals surface area contributed by atoms with Crippen LogP contribution in [0.5, 0.6) is 0 Å². The highest BCUT2D eigenvalue weighted by atomic mass is 79.9. The molecular weight excluding hydrogens is 488 g/mol. The maximum Gasteiger partial charge on any atom is 0.269 e. The van der Waals surface area contributed by atoms with Crippen molar-refractivity contribution in [2.24, 2.45) is 5.73 Å². The molecule has 0 radical (unpaired) electrons. The molecule has 0 saturated carbocycles. The molecule has 0 spiro atoms. The molecule has 0 bridgehead atoms. The summed E-state index contributed by atoms with van der Waals surface area (Å²) in [6, 6.07) is 2.32. The molecule has 10 heteroatoms. The van der Waals surface area contributed by atoms with Gasteiger partial charge in [-0.3, -0.25) is 4.79 Å². The number of piperidine rings is 1. The smallest absolute Gasteiger partial charge is 0.269 e. The van der Waals surface area contributed by atoms with Crippen LogP contribution in [0.2, 0.25) is 0 Å². The molecule has 4 rings (SSSR count). The van der Waals surface area contributed by atoms with E-state index in [-0.39, 0.29) is 5.56 Å². The Balaban J connectivity index is 1.25. The third kappa shape index (κ3) is 6.01. The normalized spacial score (nSPS) is 20.2. The Morgan fingerprint density at radius 1 is 1.21 bits per heavy atom. The molecular formula is C23H29BrN6O3. The molecule has 2 fully saturated rings. The minimum Gasteiger partial charge on any atom is -0.486 e. The minimum absolute atomic E-state index is 0.105. The number of ether oxygens (including phenoxy) is 2. The first kappa shape index (κ1) is 23.5. The molecule has 0 aliphatic carbocycles. The van der Waals surface area contributed by atoms with Gasteiger partial charge in [0.05, 0.1) is 11.7 Å². The number of halogens is 1. The number of hydrogen-bond donors (Lipinski definition) is 2. The Hall–Kier alpha value is -2.69. The monoisotopic (exact) mass is 516 g/mol. The van der Waals surface area contributed by atoms with Gasteiger partial charge in [0.15, 0.2) is 17.2 Å². The van der Waals surface area contributed by atoms with Gasteiger partial charge in [-0.1, -0.05) is 6.58 Å². The molecule has 33 heavy (non-hydrogen) atoms. The summed E-state index contributed by atoms with van der Waals surface area (Å²) in [6.45, 7) is 9.18. The van der Waals surface area contributed by atoms with Crippen LogP contribution < -0.4 is 16.6 Å². The molecule has 4 heterocycles. The highest BCUT2D eigenvalue weighted by Gasteiger charge is 2.20. The van der Waals surface area contributed by atoms with Crippen LogP contribution in [0.25, 0.3) is 11.2 Å². The first-order valence-corrected chi connectivity index (χ1v) is 11.9. The van der Waals surface area contributed by atoms with Gasteiger partial charge in [0.25, 0.3) is 5.56 Å². The molecule has 9 nitrogen and oxygen atoms in total. The van der Waals surface area contributed by atoms with E-state index in [0.29, 0.717) is 49.5 Å². The van der Waals surface area contributed by atoms with E-state index in [2.05, 4.69) is 42.7 Å². The standard InChI is InChI=1S/C23H29BrN6O3/c1-16(10-20-21(12-25)33-9-8-32-20)13-26-18-2-4-29(5-3-18)6-7-30-19-11-17(24)14-27-23(19)28-15-22(30)31/h10-12,14-15,18,26H,1-9,13,25H2/b20-10+,21-12+. The summed E-state index contributed by atoms with van der Waals surface area (Å²) in [6.07, 6.45) is 8.41. The van der Waals surface area contributed by atoms with E-state index in [9.17, 15) is 4.79 Å². The summed E-state index contributed by atoms with van der Waals surface area (Å²) in [7, 11) is 0. The molecule has 2 aromatic rings. The van der Waals surface area contributed by atoms with Crippen molar-refractivity contribution in [3.05, 3.63) is 69.2 Å². The fourth-order valence-electron chi connectivity index (χ4n) is 4.06. The number of rotatable bonds is 7. The lowest BCUT2D eigenvalue weighted by Gasteiger charge is -2.32. The number of hydrogen-bond acceptors (Lipinski definition) is 8. The molecule has 0 atom stereocenters. The molecule has 0 amide bonds. The van der Waals surface area contributed by atoms with Gasteiger partial charge in [0.1, 0.15) is 13.2 Å². The van der Waals surface area contributed by atoms with Crippen molar-refractivity contribution < 1.29 is 9.47 Å². The zero-order valence-corrected chi connectivity index (χ0v) is 20.1. The average Bonchev–Trinajstić information content (AvgIpc) is 2.83. The molecule has 2 aliphatic rings. The first-order chi connectivity index (χ1) is 16.0. The number of fused-ring (bicyclic) bond motifs is 1. The second-order valence-electron chi connectivity index (χ2n) is 8.14. The average molecular weight is 517 g/mol. The van der Waals surface area contributed by atoms with E-state index < -0.39 is 0 Å². The van der Waals surface area contributed by atoms with Gasteiger partial charge in [-0.25, -0.2) is 9.97 Å². The van der Waals surface area contributed by atoms with E-state index in [1.165, 1.54) is 12.4 Å². The van der Waals surface area contributed by atoms with Crippen molar-refractivity contribution in [3.63, 3.8) is 0 Å². The first-order valence-electron chi connectivity index (χ1n) is 11.1. The van der Waals surface area contributed by atoms with Gasteiger partial charge in [-0.2, -0.15) is 0 Å². The summed E-state index contributed by atoms with van der Waals surface area (Å²) in [5, 5.41) is 3.58. The fourth-order valence-corrected chi connectivity index (χ4v) is 4.38. The van der Waals surface area contributed by atoms with E-state index in [4.69, 9.17) is 15.2 Å². The van der Waals surface area contributed by atoms with Gasteiger partial charge in [-0.15, -0.1) is 0 Å². The third-order valence-corrected chi connectivity index (χ3v) is 6.27. The summed E-state index contributed by atoms with van der Waals surface area (Å²) in [5.74, 6) is 1.19. The highest BCUT2D eigenvalue weighted by molar-refractivity contribution is 9.10. The molecule has 0 unspecified atom stereocenters. The van der Waals surface area contributed by atoms with Gasteiger partial charge < -0.3 is 30.0 Å². The number of aromatic nitrogens is 3. The summed E-state index contributed by atoms with van der Waals surface area (Å²) >= 11 is 3.43. The summed E-state index contributed by atoms with van der Waals surface area (Å²) in [4.78, 5) is 23.2. The van der Waals surface area contributed by atoms with Crippen LogP contribution in [0.4, 0.5) is 0 Å². The van der Waals surface area contributed by atoms with Crippen LogP contribution in [0.3, 0.4) is 0 Å². The quantitative estimate of drug-likeness (QED) is 0.574. The number of likely N-dealkylation sites (tertiary alicyclic amines) is 1. The van der Waals surface area contributed by atoms with Crippen LogP contribution in [0.15, 0.2) is 63.7 Å². The van der Waals surface area contributed by atoms with Crippen LogP contribution in [-0.2, 0) is 16.0 Å². The number of pyridine rings is 1. The van der Waals surface area contributed by atoms with Crippen molar-refractivity contribution in [1.82, 2.24) is 24.8 Å². The van der Waals surface area contributed by atoms with Gasteiger partial charge in [0, 0.05) is 42.5 Å². The second kappa shape index (κ2) is 11.0. The van der Waals surface area contributed by atoms with Gasteiger partial charge in [-0.05, 0) is 59.6 Å². The zero-order valence-electron chi connectivity index (χ0n) is 18.5. The molecule has 0 aromatic carbocycles.